The van der Waals surface area contributed by atoms with E-state index in [1.807, 2.05) is 12.1 Å². The topological polar surface area (TPSA) is 71.1 Å². The summed E-state index contributed by atoms with van der Waals surface area (Å²) in [5, 5.41) is 2.35. The molecule has 1 saturated heterocycles. The zero-order valence-corrected chi connectivity index (χ0v) is 21.4. The van der Waals surface area contributed by atoms with Gasteiger partial charge in [-0.3, -0.25) is 14.5 Å². The number of benzene rings is 3. The summed E-state index contributed by atoms with van der Waals surface area (Å²) in [5.74, 6) is -3.18. The minimum absolute atomic E-state index is 0.0473. The van der Waals surface area contributed by atoms with E-state index >= 15 is 0 Å². The molecule has 198 valence electrons. The molecule has 2 amide bonds. The number of hydrogen-bond acceptors (Lipinski definition) is 5. The van der Waals surface area contributed by atoms with Gasteiger partial charge in [-0.15, -0.1) is 0 Å². The normalized spacial score (nSPS) is 15.1. The Bertz CT molecular complexity index is 1330. The fourth-order valence-electron chi connectivity index (χ4n) is 4.11. The molecule has 1 heterocycles. The maximum Gasteiger partial charge on any atom is 0.256 e. The molecule has 0 spiro atoms. The van der Waals surface area contributed by atoms with Gasteiger partial charge in [-0.2, -0.15) is 0 Å². The van der Waals surface area contributed by atoms with Gasteiger partial charge in [0.2, 0.25) is 5.91 Å². The van der Waals surface area contributed by atoms with Crippen LogP contribution in [0.5, 0.6) is 11.5 Å². The maximum atomic E-state index is 14.4. The third kappa shape index (κ3) is 5.72. The first kappa shape index (κ1) is 26.9. The van der Waals surface area contributed by atoms with Gasteiger partial charge in [-0.05, 0) is 60.6 Å². The van der Waals surface area contributed by atoms with Gasteiger partial charge in [-0.25, -0.2) is 13.2 Å². The fourth-order valence-corrected chi connectivity index (χ4v) is 4.52. The summed E-state index contributed by atoms with van der Waals surface area (Å²) in [6.45, 7) is 0.276. The van der Waals surface area contributed by atoms with E-state index < -0.39 is 47.4 Å². The number of amides is 2. The van der Waals surface area contributed by atoms with Crippen LogP contribution in [0.3, 0.4) is 0 Å². The number of halogens is 3. The Morgan fingerprint density at radius 1 is 0.947 bits per heavy atom. The Morgan fingerprint density at radius 2 is 1.55 bits per heavy atom. The van der Waals surface area contributed by atoms with E-state index in [4.69, 9.17) is 21.7 Å². The molecule has 0 bridgehead atoms. The number of nitrogens with zero attached hydrogens (tertiary/aromatic N) is 2. The summed E-state index contributed by atoms with van der Waals surface area (Å²) in [5.41, 5.74) is 0.627. The van der Waals surface area contributed by atoms with Crippen LogP contribution in [0.1, 0.15) is 12.0 Å². The number of carbonyl (C=O) groups excluding carboxylic acids is 2. The first-order chi connectivity index (χ1) is 18.2. The minimum Gasteiger partial charge on any atom is -0.497 e. The lowest BCUT2D eigenvalue weighted by Gasteiger charge is -2.24. The van der Waals surface area contributed by atoms with Crippen LogP contribution in [0.15, 0.2) is 60.7 Å². The van der Waals surface area contributed by atoms with Crippen LogP contribution in [0, 0.1) is 17.5 Å². The van der Waals surface area contributed by atoms with Gasteiger partial charge in [0.1, 0.15) is 29.0 Å². The Kier molecular flexibility index (Phi) is 8.16. The molecule has 0 aliphatic carbocycles. The third-order valence-corrected chi connectivity index (χ3v) is 6.52. The zero-order chi connectivity index (χ0) is 27.4. The van der Waals surface area contributed by atoms with Crippen molar-refractivity contribution in [2.45, 2.75) is 18.9 Å². The molecular weight excluding hydrogens is 519 g/mol. The predicted molar refractivity (Wildman–Crippen MR) is 140 cm³/mol. The van der Waals surface area contributed by atoms with Crippen LogP contribution in [0.4, 0.5) is 24.5 Å². The van der Waals surface area contributed by atoms with E-state index in [1.54, 1.807) is 24.1 Å². The average molecular weight is 544 g/mol. The van der Waals surface area contributed by atoms with Gasteiger partial charge in [0.25, 0.3) is 5.91 Å². The molecule has 1 aliphatic heterocycles. The molecule has 1 fully saturated rings. The van der Waals surface area contributed by atoms with Gasteiger partial charge in [0.15, 0.2) is 16.7 Å². The lowest BCUT2D eigenvalue weighted by Crippen LogP contribution is -2.39. The molecule has 7 nitrogen and oxygen atoms in total. The van der Waals surface area contributed by atoms with Gasteiger partial charge in [-0.1, -0.05) is 12.1 Å². The largest absolute Gasteiger partial charge is 0.497 e. The fraction of sp³-hybridized carbons (Fsp3) is 0.222. The van der Waals surface area contributed by atoms with Crippen LogP contribution < -0.4 is 19.7 Å². The molecule has 1 unspecified atom stereocenters. The second kappa shape index (κ2) is 11.5. The van der Waals surface area contributed by atoms with Crippen molar-refractivity contribution in [2.24, 2.45) is 0 Å². The van der Waals surface area contributed by atoms with E-state index in [-0.39, 0.29) is 17.4 Å². The SMILES string of the molecule is COc1ccc(CCN2C(=S)N(c3ccc(F)cc3)C(=O)C2CC(=O)Nc2c(F)cc(OC)cc2F)cc1. The molecular formula is C27H24F3N3O4S. The number of anilines is 2. The van der Waals surface area contributed by atoms with Gasteiger partial charge in [0, 0.05) is 18.7 Å². The molecule has 3 aromatic carbocycles. The van der Waals surface area contributed by atoms with E-state index in [9.17, 15) is 22.8 Å². The molecule has 0 aromatic heterocycles. The molecule has 0 saturated carbocycles. The number of thiocarbonyl (C=S) groups is 1. The van der Waals surface area contributed by atoms with Crippen LogP contribution in [-0.2, 0) is 16.0 Å². The van der Waals surface area contributed by atoms with Crippen molar-refractivity contribution in [3.05, 3.63) is 83.7 Å². The predicted octanol–water partition coefficient (Wildman–Crippen LogP) is 4.69. The summed E-state index contributed by atoms with van der Waals surface area (Å²) in [6.07, 6.45) is 0.0543. The Morgan fingerprint density at radius 3 is 2.13 bits per heavy atom. The number of ether oxygens (including phenoxy) is 2. The second-order valence-electron chi connectivity index (χ2n) is 8.46. The Balaban J connectivity index is 1.57. The molecule has 3 aromatic rings. The number of nitrogens with one attached hydrogen (secondary N) is 1. The average Bonchev–Trinajstić information content (AvgIpc) is 3.13. The van der Waals surface area contributed by atoms with Crippen molar-refractivity contribution < 1.29 is 32.2 Å². The lowest BCUT2D eigenvalue weighted by atomic mass is 10.1. The molecule has 0 radical (unpaired) electrons. The van der Waals surface area contributed by atoms with Crippen molar-refractivity contribution >= 4 is 40.5 Å². The lowest BCUT2D eigenvalue weighted by molar-refractivity contribution is -0.124. The van der Waals surface area contributed by atoms with Crippen molar-refractivity contribution in [3.63, 3.8) is 0 Å². The number of rotatable bonds is 9. The third-order valence-electron chi connectivity index (χ3n) is 6.10. The van der Waals surface area contributed by atoms with Crippen molar-refractivity contribution in [1.29, 1.82) is 0 Å². The van der Waals surface area contributed by atoms with E-state index in [1.165, 1.54) is 36.3 Å². The number of carbonyl (C=O) groups is 2. The summed E-state index contributed by atoms with van der Waals surface area (Å²) in [6, 6.07) is 13.4. The summed E-state index contributed by atoms with van der Waals surface area (Å²) >= 11 is 5.59. The molecule has 11 heteroatoms. The van der Waals surface area contributed by atoms with E-state index in [2.05, 4.69) is 5.32 Å². The van der Waals surface area contributed by atoms with Crippen LogP contribution in [0.2, 0.25) is 0 Å². The first-order valence-electron chi connectivity index (χ1n) is 11.6. The van der Waals surface area contributed by atoms with Gasteiger partial charge in [0.05, 0.1) is 26.3 Å². The van der Waals surface area contributed by atoms with E-state index in [0.29, 0.717) is 17.9 Å². The Hall–Kier alpha value is -4.12. The highest BCUT2D eigenvalue weighted by atomic mass is 32.1. The van der Waals surface area contributed by atoms with Crippen LogP contribution >= 0.6 is 12.2 Å². The minimum atomic E-state index is -1.05. The van der Waals surface area contributed by atoms with Crippen LogP contribution in [-0.4, -0.2) is 48.6 Å². The maximum absolute atomic E-state index is 14.4. The smallest absolute Gasteiger partial charge is 0.256 e. The van der Waals surface area contributed by atoms with Crippen molar-refractivity contribution in [1.82, 2.24) is 4.90 Å². The highest BCUT2D eigenvalue weighted by Crippen LogP contribution is 2.29. The quantitative estimate of drug-likeness (QED) is 0.395. The van der Waals surface area contributed by atoms with Crippen molar-refractivity contribution in [3.8, 4) is 11.5 Å². The van der Waals surface area contributed by atoms with Gasteiger partial charge >= 0.3 is 0 Å². The molecule has 1 aliphatic rings. The molecule has 1 N–H and O–H groups in total. The highest BCUT2D eigenvalue weighted by Gasteiger charge is 2.44. The number of methoxy groups -OCH3 is 2. The highest BCUT2D eigenvalue weighted by molar-refractivity contribution is 7.80. The van der Waals surface area contributed by atoms with Gasteiger partial charge < -0.3 is 19.7 Å². The molecule has 4 rings (SSSR count). The van der Waals surface area contributed by atoms with Crippen LogP contribution in [0.25, 0.3) is 0 Å². The van der Waals surface area contributed by atoms with E-state index in [0.717, 1.165) is 17.7 Å². The van der Waals surface area contributed by atoms with Crippen molar-refractivity contribution in [2.75, 3.05) is 31.0 Å². The molecule has 38 heavy (non-hydrogen) atoms. The Labute approximate surface area is 222 Å². The summed E-state index contributed by atoms with van der Waals surface area (Å²) < 4.78 is 52.3. The zero-order valence-electron chi connectivity index (χ0n) is 20.5. The number of hydrogen-bond donors (Lipinski definition) is 1. The summed E-state index contributed by atoms with van der Waals surface area (Å²) in [4.78, 5) is 29.2. The molecule has 1 atom stereocenters. The first-order valence-corrected chi connectivity index (χ1v) is 12.0. The summed E-state index contributed by atoms with van der Waals surface area (Å²) in [7, 11) is 2.82. The second-order valence-corrected chi connectivity index (χ2v) is 8.82. The standard InChI is InChI=1S/C27H24F3N3O4S/c1-36-19-9-3-16(4-10-19)11-12-32-23(26(35)33(27(32)38)18-7-5-17(28)6-8-18)15-24(34)31-25-21(29)13-20(37-2)14-22(25)30/h3-10,13-14,23H,11-12,15H2,1-2H3,(H,31,34). The monoisotopic (exact) mass is 543 g/mol.